The number of fused-ring (bicyclic) bond motifs is 1. The highest BCUT2D eigenvalue weighted by molar-refractivity contribution is 6.09. The van der Waals surface area contributed by atoms with E-state index in [0.717, 1.165) is 12.0 Å². The maximum atomic E-state index is 12.7. The van der Waals surface area contributed by atoms with Crippen LogP contribution in [0.15, 0.2) is 59.3 Å². The zero-order valence-electron chi connectivity index (χ0n) is 13.5. The predicted octanol–water partition coefficient (Wildman–Crippen LogP) is 3.49. The van der Waals surface area contributed by atoms with Crippen LogP contribution in [0.5, 0.6) is 5.75 Å². The van der Waals surface area contributed by atoms with Crippen LogP contribution in [0, 0.1) is 0 Å². The molecule has 6 heteroatoms. The van der Waals surface area contributed by atoms with Crippen LogP contribution in [-0.2, 0) is 6.42 Å². The summed E-state index contributed by atoms with van der Waals surface area (Å²) in [4.78, 5) is 17.1. The number of furan rings is 1. The number of aromatic nitrogens is 3. The van der Waals surface area contributed by atoms with Crippen molar-refractivity contribution >= 4 is 11.4 Å². The molecule has 4 aromatic rings. The van der Waals surface area contributed by atoms with Gasteiger partial charge >= 0.3 is 0 Å². The summed E-state index contributed by atoms with van der Waals surface area (Å²) in [5, 5.41) is 14.4. The Morgan fingerprint density at radius 2 is 2.12 bits per heavy atom. The average Bonchev–Trinajstić information content (AvgIpc) is 3.30. The fraction of sp³-hybridized carbons (Fsp3) is 0.105. The van der Waals surface area contributed by atoms with E-state index >= 15 is 0 Å². The molecule has 0 amide bonds. The number of phenolic OH excluding ortho intramolecular Hbond substituents is 1. The van der Waals surface area contributed by atoms with Crippen molar-refractivity contribution in [3.8, 4) is 17.2 Å². The Labute approximate surface area is 143 Å². The molecule has 0 aliphatic carbocycles. The second-order valence-electron chi connectivity index (χ2n) is 5.66. The molecule has 124 valence electrons. The molecule has 0 aliphatic heterocycles. The largest absolute Gasteiger partial charge is 0.507 e. The van der Waals surface area contributed by atoms with Gasteiger partial charge in [0, 0.05) is 12.3 Å². The molecule has 3 aromatic heterocycles. The lowest BCUT2D eigenvalue weighted by molar-refractivity contribution is 0.103. The molecular weight excluding hydrogens is 318 g/mol. The van der Waals surface area contributed by atoms with Crippen molar-refractivity contribution in [2.45, 2.75) is 13.3 Å². The van der Waals surface area contributed by atoms with E-state index in [1.807, 2.05) is 13.0 Å². The number of hydrogen-bond donors (Lipinski definition) is 1. The summed E-state index contributed by atoms with van der Waals surface area (Å²) in [7, 11) is 0. The summed E-state index contributed by atoms with van der Waals surface area (Å²) in [6, 6.07) is 12.0. The van der Waals surface area contributed by atoms with E-state index in [1.54, 1.807) is 53.4 Å². The molecule has 0 aliphatic rings. The van der Waals surface area contributed by atoms with Crippen molar-refractivity contribution in [3.05, 3.63) is 71.7 Å². The maximum Gasteiger partial charge on any atom is 0.215 e. The number of aromatic hydroxyl groups is 1. The molecule has 0 radical (unpaired) electrons. The lowest BCUT2D eigenvalue weighted by atomic mass is 10.0. The molecule has 0 spiro atoms. The first-order chi connectivity index (χ1) is 12.2. The second kappa shape index (κ2) is 5.90. The summed E-state index contributed by atoms with van der Waals surface area (Å²) < 4.78 is 6.91. The van der Waals surface area contributed by atoms with Crippen LogP contribution in [0.4, 0.5) is 0 Å². The van der Waals surface area contributed by atoms with Crippen LogP contribution >= 0.6 is 0 Å². The zero-order chi connectivity index (χ0) is 17.4. The lowest BCUT2D eigenvalue weighted by Gasteiger charge is -2.06. The van der Waals surface area contributed by atoms with Crippen LogP contribution in [0.2, 0.25) is 0 Å². The van der Waals surface area contributed by atoms with E-state index in [4.69, 9.17) is 4.42 Å². The highest BCUT2D eigenvalue weighted by Gasteiger charge is 2.17. The highest BCUT2D eigenvalue weighted by Crippen LogP contribution is 2.23. The minimum atomic E-state index is -0.323. The highest BCUT2D eigenvalue weighted by atomic mass is 16.3. The number of hydrogen-bond acceptors (Lipinski definition) is 5. The van der Waals surface area contributed by atoms with E-state index in [1.165, 1.54) is 0 Å². The first-order valence-electron chi connectivity index (χ1n) is 7.92. The van der Waals surface area contributed by atoms with Crippen molar-refractivity contribution < 1.29 is 14.3 Å². The molecule has 0 bridgehead atoms. The quantitative estimate of drug-likeness (QED) is 0.578. The van der Waals surface area contributed by atoms with Gasteiger partial charge in [-0.15, -0.1) is 0 Å². The van der Waals surface area contributed by atoms with Crippen molar-refractivity contribution in [2.75, 3.05) is 0 Å². The van der Waals surface area contributed by atoms with Crippen LogP contribution < -0.4 is 0 Å². The molecule has 25 heavy (non-hydrogen) atoms. The van der Waals surface area contributed by atoms with Gasteiger partial charge in [-0.05, 0) is 42.3 Å². The molecule has 1 aromatic carbocycles. The predicted molar refractivity (Wildman–Crippen MR) is 91.6 cm³/mol. The van der Waals surface area contributed by atoms with Gasteiger partial charge in [0.1, 0.15) is 17.1 Å². The summed E-state index contributed by atoms with van der Waals surface area (Å²) in [6.45, 7) is 1.99. The van der Waals surface area contributed by atoms with Crippen molar-refractivity contribution in [1.29, 1.82) is 0 Å². The second-order valence-corrected chi connectivity index (χ2v) is 5.66. The van der Waals surface area contributed by atoms with E-state index in [9.17, 15) is 9.90 Å². The SMILES string of the molecule is CCc1ccc(O)c(C(=O)c2ccn3nc(-c4ccco4)cc3n2)c1. The van der Waals surface area contributed by atoms with Crippen LogP contribution in [-0.4, -0.2) is 25.5 Å². The molecule has 6 nitrogen and oxygen atoms in total. The first-order valence-corrected chi connectivity index (χ1v) is 7.92. The summed E-state index contributed by atoms with van der Waals surface area (Å²) in [5.74, 6) is 0.261. The molecule has 0 fully saturated rings. The fourth-order valence-electron chi connectivity index (χ4n) is 2.67. The number of nitrogens with zero attached hydrogens (tertiary/aromatic N) is 3. The molecule has 0 atom stereocenters. The monoisotopic (exact) mass is 333 g/mol. The Kier molecular flexibility index (Phi) is 3.57. The third-order valence-electron chi connectivity index (χ3n) is 4.04. The zero-order valence-corrected chi connectivity index (χ0v) is 13.5. The van der Waals surface area contributed by atoms with Gasteiger partial charge in [0.25, 0.3) is 0 Å². The number of benzene rings is 1. The maximum absolute atomic E-state index is 12.7. The van der Waals surface area contributed by atoms with Gasteiger partial charge in [0.2, 0.25) is 5.78 Å². The van der Waals surface area contributed by atoms with Crippen molar-refractivity contribution in [2.24, 2.45) is 0 Å². The topological polar surface area (TPSA) is 80.6 Å². The van der Waals surface area contributed by atoms with Gasteiger partial charge in [0.05, 0.1) is 11.8 Å². The number of rotatable bonds is 4. The Hall–Kier alpha value is -3.41. The Morgan fingerprint density at radius 1 is 1.24 bits per heavy atom. The number of aryl methyl sites for hydroxylation is 1. The van der Waals surface area contributed by atoms with Crippen LogP contribution in [0.25, 0.3) is 17.1 Å². The molecule has 0 saturated heterocycles. The molecule has 0 unspecified atom stereocenters. The average molecular weight is 333 g/mol. The van der Waals surface area contributed by atoms with E-state index < -0.39 is 0 Å². The van der Waals surface area contributed by atoms with E-state index in [0.29, 0.717) is 17.1 Å². The normalized spacial score (nSPS) is 11.1. The smallest absolute Gasteiger partial charge is 0.215 e. The minimum absolute atomic E-state index is 0.0475. The van der Waals surface area contributed by atoms with Crippen molar-refractivity contribution in [1.82, 2.24) is 14.6 Å². The third kappa shape index (κ3) is 2.67. The van der Waals surface area contributed by atoms with E-state index in [-0.39, 0.29) is 22.8 Å². The Morgan fingerprint density at radius 3 is 2.88 bits per heavy atom. The van der Waals surface area contributed by atoms with Gasteiger partial charge in [0.15, 0.2) is 11.4 Å². The lowest BCUT2D eigenvalue weighted by Crippen LogP contribution is -2.06. The summed E-state index contributed by atoms with van der Waals surface area (Å²) in [6.07, 6.45) is 4.02. The van der Waals surface area contributed by atoms with Gasteiger partial charge < -0.3 is 9.52 Å². The Balaban J connectivity index is 1.75. The molecule has 0 saturated carbocycles. The molecule has 4 rings (SSSR count). The van der Waals surface area contributed by atoms with Gasteiger partial charge in [-0.25, -0.2) is 9.50 Å². The first kappa shape index (κ1) is 15.1. The standard InChI is InChI=1S/C19H15N3O3/c1-2-12-5-6-16(23)13(10-12)19(24)14-7-8-22-18(20-14)11-15(21-22)17-4-3-9-25-17/h3-11,23H,2H2,1H3. The van der Waals surface area contributed by atoms with E-state index in [2.05, 4.69) is 10.1 Å². The Bertz CT molecular complexity index is 1060. The summed E-state index contributed by atoms with van der Waals surface area (Å²) in [5.41, 5.74) is 2.65. The molecular formula is C19H15N3O3. The molecule has 3 heterocycles. The van der Waals surface area contributed by atoms with Gasteiger partial charge in [-0.2, -0.15) is 5.10 Å². The van der Waals surface area contributed by atoms with Crippen LogP contribution in [0.3, 0.4) is 0 Å². The van der Waals surface area contributed by atoms with Gasteiger partial charge in [-0.3, -0.25) is 4.79 Å². The minimum Gasteiger partial charge on any atom is -0.507 e. The third-order valence-corrected chi connectivity index (χ3v) is 4.04. The van der Waals surface area contributed by atoms with Crippen molar-refractivity contribution in [3.63, 3.8) is 0 Å². The number of phenols is 1. The summed E-state index contributed by atoms with van der Waals surface area (Å²) >= 11 is 0. The van der Waals surface area contributed by atoms with Gasteiger partial charge in [-0.1, -0.05) is 13.0 Å². The number of carbonyl (C=O) groups excluding carboxylic acids is 1. The fourth-order valence-corrected chi connectivity index (χ4v) is 2.67. The number of carbonyl (C=O) groups is 1. The van der Waals surface area contributed by atoms with Crippen LogP contribution in [0.1, 0.15) is 28.5 Å². The number of ketones is 1. The molecule has 1 N–H and O–H groups in total.